The van der Waals surface area contributed by atoms with Gasteiger partial charge in [-0.3, -0.25) is 9.59 Å². The van der Waals surface area contributed by atoms with Crippen molar-refractivity contribution in [3.05, 3.63) is 124 Å². The van der Waals surface area contributed by atoms with Crippen LogP contribution < -0.4 is 14.8 Å². The maximum Gasteiger partial charge on any atom is 0.311 e. The molecule has 0 bridgehead atoms. The van der Waals surface area contributed by atoms with Gasteiger partial charge in [-0.25, -0.2) is 0 Å². The van der Waals surface area contributed by atoms with Gasteiger partial charge in [0.1, 0.15) is 18.1 Å². The summed E-state index contributed by atoms with van der Waals surface area (Å²) in [5, 5.41) is 5.24. The Morgan fingerprint density at radius 3 is 2.24 bits per heavy atom. The van der Waals surface area contributed by atoms with Gasteiger partial charge in [-0.2, -0.15) is 0 Å². The van der Waals surface area contributed by atoms with Crippen LogP contribution in [0, 0.1) is 5.41 Å². The molecule has 4 aromatic carbocycles. The van der Waals surface area contributed by atoms with Crippen LogP contribution in [0.1, 0.15) is 76.8 Å². The first kappa shape index (κ1) is 40.4. The molecule has 0 saturated carbocycles. The fraction of sp³-hybridized carbons (Fsp3) is 0.391. The number of rotatable bonds is 16. The van der Waals surface area contributed by atoms with E-state index in [1.54, 1.807) is 11.8 Å². The number of hydrogen-bond donors (Lipinski definition) is 1. The van der Waals surface area contributed by atoms with E-state index in [-0.39, 0.29) is 29.0 Å². The summed E-state index contributed by atoms with van der Waals surface area (Å²) in [5.74, 6) is 1.20. The highest BCUT2D eigenvalue weighted by molar-refractivity contribution is 8.00. The van der Waals surface area contributed by atoms with E-state index in [0.29, 0.717) is 37.0 Å². The highest BCUT2D eigenvalue weighted by Gasteiger charge is 2.35. The number of benzene rings is 4. The molecular formula is C46H53ClN2O5S. The molecule has 1 N–H and O–H groups in total. The zero-order chi connectivity index (χ0) is 39.2. The molecule has 5 aromatic rings. The monoisotopic (exact) mass is 780 g/mol. The fourth-order valence-corrected chi connectivity index (χ4v) is 8.34. The molecule has 2 heterocycles. The average Bonchev–Trinajstić information content (AvgIpc) is 3.78. The minimum absolute atomic E-state index is 0.0268. The van der Waals surface area contributed by atoms with Gasteiger partial charge in [-0.1, -0.05) is 87.0 Å². The second kappa shape index (κ2) is 17.7. The number of halogens is 1. The van der Waals surface area contributed by atoms with Gasteiger partial charge in [-0.05, 0) is 99.3 Å². The number of nitrogens with one attached hydrogen (secondary N) is 1. The van der Waals surface area contributed by atoms with Crippen LogP contribution in [0.25, 0.3) is 10.9 Å². The summed E-state index contributed by atoms with van der Waals surface area (Å²) in [6, 6.07) is 31.8. The summed E-state index contributed by atoms with van der Waals surface area (Å²) in [7, 11) is 0. The minimum atomic E-state index is -0.771. The van der Waals surface area contributed by atoms with Crippen LogP contribution in [0.2, 0.25) is 5.02 Å². The van der Waals surface area contributed by atoms with Gasteiger partial charge in [-0.15, -0.1) is 11.8 Å². The lowest BCUT2D eigenvalue weighted by Crippen LogP contribution is -2.45. The Labute approximate surface area is 335 Å². The van der Waals surface area contributed by atoms with Crippen molar-refractivity contribution in [1.29, 1.82) is 0 Å². The molecule has 1 aromatic heterocycles. The van der Waals surface area contributed by atoms with Gasteiger partial charge in [0.05, 0.1) is 18.1 Å². The maximum atomic E-state index is 14.1. The standard InChI is InChI=1S/C46H53ClN2O5S/c1-7-52-44(51)46(5,6)28-40-43(55-45(2,3)4)37-27-36(23-24-39(37)49(40)29-32-15-19-34(47)20-16-32)54-42(38-14-11-25-48-38)41(50)26-31-17-21-35(22-18-31)53-30-33-12-9-8-10-13-33/h8-10,12-13,15-24,27,38,42,48H,7,11,14,25-26,28-30H2,1-6H3. The van der Waals surface area contributed by atoms with Gasteiger partial charge < -0.3 is 24.1 Å². The number of carbonyl (C=O) groups excluding carboxylic acids is 2. The van der Waals surface area contributed by atoms with E-state index in [9.17, 15) is 9.59 Å². The Morgan fingerprint density at radius 2 is 1.58 bits per heavy atom. The zero-order valence-corrected chi connectivity index (χ0v) is 34.4. The number of carbonyl (C=O) groups is 2. The SMILES string of the molecule is CCOC(=O)C(C)(C)Cc1c(SC(C)(C)C)c2cc(OC(C(=O)Cc3ccc(OCc4ccccc4)cc3)C3CCCN3)ccc2n1Cc1ccc(Cl)cc1. The zero-order valence-electron chi connectivity index (χ0n) is 32.8. The van der Waals surface area contributed by atoms with Crippen molar-refractivity contribution in [1.82, 2.24) is 9.88 Å². The predicted octanol–water partition coefficient (Wildman–Crippen LogP) is 10.3. The average molecular weight is 781 g/mol. The summed E-state index contributed by atoms with van der Waals surface area (Å²) in [4.78, 5) is 28.5. The fourth-order valence-electron chi connectivity index (χ4n) is 7.03. The van der Waals surface area contributed by atoms with Crippen LogP contribution in [0.5, 0.6) is 11.5 Å². The number of fused-ring (bicyclic) bond motifs is 1. The summed E-state index contributed by atoms with van der Waals surface area (Å²) in [6.07, 6.45) is 1.92. The quantitative estimate of drug-likeness (QED) is 0.0789. The Balaban J connectivity index is 1.32. The Morgan fingerprint density at radius 1 is 0.891 bits per heavy atom. The molecule has 0 aliphatic carbocycles. The Kier molecular flexibility index (Phi) is 13.0. The summed E-state index contributed by atoms with van der Waals surface area (Å²) >= 11 is 8.05. The minimum Gasteiger partial charge on any atom is -0.489 e. The molecular weight excluding hydrogens is 728 g/mol. The summed E-state index contributed by atoms with van der Waals surface area (Å²) < 4.78 is 20.4. The summed E-state index contributed by atoms with van der Waals surface area (Å²) in [5.41, 5.74) is 4.42. The van der Waals surface area contributed by atoms with Crippen molar-refractivity contribution in [2.24, 2.45) is 5.41 Å². The topological polar surface area (TPSA) is 78.8 Å². The van der Waals surface area contributed by atoms with Crippen molar-refractivity contribution in [3.8, 4) is 11.5 Å². The molecule has 2 atom stereocenters. The first-order valence-electron chi connectivity index (χ1n) is 19.2. The third-order valence-electron chi connectivity index (χ3n) is 9.79. The van der Waals surface area contributed by atoms with Crippen molar-refractivity contribution in [3.63, 3.8) is 0 Å². The van der Waals surface area contributed by atoms with Crippen LogP contribution >= 0.6 is 23.4 Å². The highest BCUT2D eigenvalue weighted by Crippen LogP contribution is 2.44. The number of thioether (sulfide) groups is 1. The maximum absolute atomic E-state index is 14.1. The molecule has 2 unspecified atom stereocenters. The molecule has 1 fully saturated rings. The van der Waals surface area contributed by atoms with E-state index >= 15 is 0 Å². The third kappa shape index (κ3) is 10.5. The smallest absolute Gasteiger partial charge is 0.311 e. The van der Waals surface area contributed by atoms with Crippen LogP contribution in [0.4, 0.5) is 0 Å². The van der Waals surface area contributed by atoms with Crippen LogP contribution in [-0.4, -0.2) is 46.4 Å². The largest absolute Gasteiger partial charge is 0.489 e. The molecule has 0 spiro atoms. The number of Topliss-reactive ketones (excluding diaryl/α,β-unsaturated/α-hetero) is 1. The van der Waals surface area contributed by atoms with Crippen molar-refractivity contribution in [2.45, 2.75) is 102 Å². The van der Waals surface area contributed by atoms with Crippen LogP contribution in [0.3, 0.4) is 0 Å². The van der Waals surface area contributed by atoms with Crippen molar-refractivity contribution >= 4 is 46.0 Å². The number of aromatic nitrogens is 1. The Bertz CT molecular complexity index is 2060. The number of nitrogens with zero attached hydrogens (tertiary/aromatic N) is 1. The molecule has 1 aliphatic rings. The molecule has 9 heteroatoms. The van der Waals surface area contributed by atoms with E-state index in [2.05, 4.69) is 42.8 Å². The Hall–Kier alpha value is -4.24. The van der Waals surface area contributed by atoms with E-state index < -0.39 is 11.5 Å². The van der Waals surface area contributed by atoms with Gasteiger partial charge in [0.25, 0.3) is 0 Å². The number of ketones is 1. The number of ether oxygens (including phenoxy) is 3. The lowest BCUT2D eigenvalue weighted by atomic mass is 9.87. The number of esters is 1. The van der Waals surface area contributed by atoms with E-state index in [1.807, 2.05) is 106 Å². The molecule has 55 heavy (non-hydrogen) atoms. The second-order valence-corrected chi connectivity index (χ2v) is 18.2. The lowest BCUT2D eigenvalue weighted by Gasteiger charge is -2.26. The van der Waals surface area contributed by atoms with Crippen molar-refractivity contribution < 1.29 is 23.8 Å². The highest BCUT2D eigenvalue weighted by atomic mass is 35.5. The molecule has 0 amide bonds. The normalized spacial score (nSPS) is 15.2. The molecule has 290 valence electrons. The van der Waals surface area contributed by atoms with Crippen LogP contribution in [-0.2, 0) is 40.3 Å². The lowest BCUT2D eigenvalue weighted by molar-refractivity contribution is -0.153. The van der Waals surface area contributed by atoms with E-state index in [1.165, 1.54) is 0 Å². The van der Waals surface area contributed by atoms with Gasteiger partial charge >= 0.3 is 5.97 Å². The first-order chi connectivity index (χ1) is 26.3. The summed E-state index contributed by atoms with van der Waals surface area (Å²) in [6.45, 7) is 14.6. The third-order valence-corrected chi connectivity index (χ3v) is 11.3. The van der Waals surface area contributed by atoms with Gasteiger partial charge in [0.15, 0.2) is 11.9 Å². The van der Waals surface area contributed by atoms with E-state index in [4.69, 9.17) is 25.8 Å². The second-order valence-electron chi connectivity index (χ2n) is 16.0. The molecule has 1 saturated heterocycles. The van der Waals surface area contributed by atoms with Crippen molar-refractivity contribution in [2.75, 3.05) is 13.2 Å². The van der Waals surface area contributed by atoms with E-state index in [0.717, 1.165) is 63.3 Å². The molecule has 1 aliphatic heterocycles. The predicted molar refractivity (Wildman–Crippen MR) is 224 cm³/mol. The molecule has 0 radical (unpaired) electrons. The number of hydrogen-bond acceptors (Lipinski definition) is 7. The van der Waals surface area contributed by atoms with Gasteiger partial charge in [0, 0.05) is 50.6 Å². The molecule has 7 nitrogen and oxygen atoms in total. The van der Waals surface area contributed by atoms with Crippen LogP contribution in [0.15, 0.2) is 102 Å². The molecule has 6 rings (SSSR count). The first-order valence-corrected chi connectivity index (χ1v) is 20.4. The van der Waals surface area contributed by atoms with Gasteiger partial charge in [0.2, 0.25) is 0 Å².